The molecular weight excluding hydrogens is 1000 g/mol. The molecule has 0 fully saturated rings. The maximum atomic E-state index is 6.90. The Morgan fingerprint density at radius 2 is 1.06 bits per heavy atom. The number of rotatable bonds is 12. The molecule has 4 nitrogen and oxygen atoms in total. The number of likely N-dealkylation sites (N-methyl/N-ethyl adjacent to an activating group) is 1. The van der Waals surface area contributed by atoms with Crippen LogP contribution in [-0.2, 0) is 21.7 Å². The van der Waals surface area contributed by atoms with Gasteiger partial charge >= 0.3 is 0 Å². The zero-order valence-electron chi connectivity index (χ0n) is 49.2. The summed E-state index contributed by atoms with van der Waals surface area (Å²) >= 11 is 8.84. The van der Waals surface area contributed by atoms with E-state index in [2.05, 4.69) is 278 Å². The van der Waals surface area contributed by atoms with Gasteiger partial charge in [-0.2, -0.15) is 9.15 Å². The molecule has 0 atom stereocenters. The number of fused-ring (bicyclic) bond motifs is 4. The highest BCUT2D eigenvalue weighted by atomic mass is 35.5. The Kier molecular flexibility index (Phi) is 16.0. The zero-order chi connectivity index (χ0) is 55.9. The van der Waals surface area contributed by atoms with Crippen LogP contribution < -0.4 is 9.80 Å². The quantitative estimate of drug-likeness (QED) is 0.116. The molecule has 0 aromatic heterocycles. The minimum atomic E-state index is -0.0287. The largest absolute Gasteiger partial charge is 0.347 e. The van der Waals surface area contributed by atoms with Gasteiger partial charge in [-0.1, -0.05) is 180 Å². The first-order valence-corrected chi connectivity index (χ1v) is 30.3. The van der Waals surface area contributed by atoms with Crippen molar-refractivity contribution in [1.82, 2.24) is 0 Å². The van der Waals surface area contributed by atoms with Gasteiger partial charge in [-0.3, -0.25) is 0 Å². The van der Waals surface area contributed by atoms with Gasteiger partial charge in [0.25, 0.3) is 0 Å². The normalized spacial score (nSPS) is 21.6. The molecule has 0 spiro atoms. The van der Waals surface area contributed by atoms with Gasteiger partial charge in [0.15, 0.2) is 11.4 Å². The molecule has 5 aromatic rings. The smallest absolute Gasteiger partial charge is 0.209 e. The van der Waals surface area contributed by atoms with Gasteiger partial charge in [0.05, 0.1) is 10.8 Å². The number of hydrogen-bond acceptors (Lipinski definition) is 3. The Bertz CT molecular complexity index is 3510. The van der Waals surface area contributed by atoms with E-state index in [1.807, 2.05) is 11.8 Å². The summed E-state index contributed by atoms with van der Waals surface area (Å²) in [6, 6.07) is 46.2. The Morgan fingerprint density at radius 1 is 0.519 bits per heavy atom. The van der Waals surface area contributed by atoms with E-state index in [-0.39, 0.29) is 21.7 Å². The first-order valence-electron chi connectivity index (χ1n) is 29.1. The SMILES string of the molecule is CCCN1/C(=C\C=C2\CCCC(/C=C/C3=[N+](CCC)c4ccccc4C3(C)C)=C2Sc2ccccc2)C(C)(C)c2ccccc21.CN1/C(=C\C=C2\CCC(/C=C/C3=[N+](C)c4ccccc4C3(C)C)=C2Cl)C(C)(C)c2ccccc21. The predicted molar refractivity (Wildman–Crippen MR) is 341 cm³/mol. The van der Waals surface area contributed by atoms with Crippen LogP contribution in [0.3, 0.4) is 0 Å². The van der Waals surface area contributed by atoms with Crippen LogP contribution in [0.4, 0.5) is 22.7 Å². The van der Waals surface area contributed by atoms with Crippen LogP contribution in [0.25, 0.3) is 0 Å². The minimum absolute atomic E-state index is 0.0236. The molecule has 0 radical (unpaired) electrons. The van der Waals surface area contributed by atoms with Gasteiger partial charge in [0, 0.05) is 104 Å². The van der Waals surface area contributed by atoms with Crippen LogP contribution >= 0.6 is 23.4 Å². The summed E-state index contributed by atoms with van der Waals surface area (Å²) < 4.78 is 4.87. The second-order valence-corrected chi connectivity index (χ2v) is 25.8. The molecule has 2 aliphatic carbocycles. The van der Waals surface area contributed by atoms with Gasteiger partial charge in [-0.05, 0) is 136 Å². The van der Waals surface area contributed by atoms with Gasteiger partial charge in [0.2, 0.25) is 11.4 Å². The van der Waals surface area contributed by atoms with Gasteiger partial charge < -0.3 is 9.80 Å². The van der Waals surface area contributed by atoms with Crippen LogP contribution in [0.5, 0.6) is 0 Å². The van der Waals surface area contributed by atoms with Crippen molar-refractivity contribution in [2.75, 3.05) is 37.0 Å². The molecule has 79 heavy (non-hydrogen) atoms. The Morgan fingerprint density at radius 3 is 1.73 bits per heavy atom. The zero-order valence-corrected chi connectivity index (χ0v) is 50.8. The van der Waals surface area contributed by atoms with Crippen molar-refractivity contribution in [1.29, 1.82) is 0 Å². The highest BCUT2D eigenvalue weighted by Crippen LogP contribution is 2.50. The average molecular weight is 1080 g/mol. The van der Waals surface area contributed by atoms with E-state index in [0.717, 1.165) is 56.6 Å². The van der Waals surface area contributed by atoms with Gasteiger partial charge in [-0.15, -0.1) is 0 Å². The average Bonchev–Trinajstić information content (AvgIpc) is 4.20. The third kappa shape index (κ3) is 10.4. The highest BCUT2D eigenvalue weighted by Gasteiger charge is 2.45. The van der Waals surface area contributed by atoms with Crippen molar-refractivity contribution in [2.24, 2.45) is 0 Å². The number of para-hydroxylation sites is 4. The summed E-state index contributed by atoms with van der Waals surface area (Å²) in [6.45, 7) is 25.4. The van der Waals surface area contributed by atoms with Crippen LogP contribution in [0.15, 0.2) is 225 Å². The predicted octanol–water partition coefficient (Wildman–Crippen LogP) is 19.1. The third-order valence-corrected chi connectivity index (χ3v) is 19.5. The second-order valence-electron chi connectivity index (χ2n) is 24.4. The van der Waals surface area contributed by atoms with E-state index in [1.165, 1.54) is 106 Å². The van der Waals surface area contributed by atoms with Crippen molar-refractivity contribution < 1.29 is 9.15 Å². The number of allylic oxidation sites excluding steroid dienone is 15. The molecule has 0 amide bonds. The molecule has 0 saturated heterocycles. The molecule has 6 heteroatoms. The van der Waals surface area contributed by atoms with Gasteiger partial charge in [0.1, 0.15) is 13.6 Å². The van der Waals surface area contributed by atoms with E-state index < -0.39 is 0 Å². The number of benzene rings is 5. The van der Waals surface area contributed by atoms with Crippen LogP contribution in [0.1, 0.15) is 136 Å². The second kappa shape index (κ2) is 22.6. The molecule has 4 aliphatic heterocycles. The monoisotopic (exact) mass is 1080 g/mol. The molecule has 0 N–H and O–H groups in total. The van der Waals surface area contributed by atoms with E-state index in [9.17, 15) is 0 Å². The molecule has 0 saturated carbocycles. The summed E-state index contributed by atoms with van der Waals surface area (Å²) in [7, 11) is 4.32. The lowest BCUT2D eigenvalue weighted by atomic mass is 9.81. The number of halogens is 1. The molecule has 11 rings (SSSR count). The first kappa shape index (κ1) is 55.9. The lowest BCUT2D eigenvalue weighted by Gasteiger charge is -2.27. The lowest BCUT2D eigenvalue weighted by Crippen LogP contribution is -2.28. The van der Waals surface area contributed by atoms with Crippen molar-refractivity contribution in [3.8, 4) is 0 Å². The van der Waals surface area contributed by atoms with Crippen LogP contribution in [-0.4, -0.2) is 47.8 Å². The van der Waals surface area contributed by atoms with E-state index in [1.54, 1.807) is 0 Å². The highest BCUT2D eigenvalue weighted by molar-refractivity contribution is 8.03. The molecule has 6 aliphatic rings. The Hall–Kier alpha value is -6.40. The molecular formula is C73H83ClN4S+2. The van der Waals surface area contributed by atoms with Crippen molar-refractivity contribution in [3.63, 3.8) is 0 Å². The molecule has 5 aromatic carbocycles. The van der Waals surface area contributed by atoms with Crippen LogP contribution in [0, 0.1) is 0 Å². The molecule has 0 unspecified atom stereocenters. The molecule has 406 valence electrons. The summed E-state index contributed by atoms with van der Waals surface area (Å²) in [4.78, 5) is 7.59. The standard InChI is InChI=1S/C42H49N2S.C31H34ClN2/c1-7-29-43-36-23-14-12-21-34(36)41(3,4)38(43)27-25-31-17-16-18-32(40(31)45-33-19-10-9-11-20-33)26-28-39-42(5,6)35-22-13-15-24-37(35)44(39)30-8-2;1-30(2)23-11-7-9-13-25(23)33(5)27(30)19-17-21-15-16-22(29(21)32)18-20-28-31(3,4)24-12-8-10-14-26(24)34(28)6/h9-15,19-28H,7-8,16-18,29-30H2,1-6H3;7-14,17-20H,15-16H2,1-6H3/q2*+1. The summed E-state index contributed by atoms with van der Waals surface area (Å²) in [5.41, 5.74) is 21.6. The minimum Gasteiger partial charge on any atom is -0.347 e. The molecule has 0 bridgehead atoms. The topological polar surface area (TPSA) is 12.5 Å². The fourth-order valence-electron chi connectivity index (χ4n) is 13.5. The van der Waals surface area contributed by atoms with Gasteiger partial charge in [-0.25, -0.2) is 0 Å². The van der Waals surface area contributed by atoms with E-state index in [4.69, 9.17) is 11.6 Å². The number of hydrogen-bond donors (Lipinski definition) is 0. The summed E-state index contributed by atoms with van der Waals surface area (Å²) in [6.07, 6.45) is 26.4. The summed E-state index contributed by atoms with van der Waals surface area (Å²) in [5, 5.41) is 0.903. The van der Waals surface area contributed by atoms with E-state index >= 15 is 0 Å². The van der Waals surface area contributed by atoms with E-state index in [0.29, 0.717) is 0 Å². The fraction of sp³-hybridized carbons (Fsp3) is 0.342. The maximum Gasteiger partial charge on any atom is 0.209 e. The van der Waals surface area contributed by atoms with Crippen LogP contribution in [0.2, 0.25) is 0 Å². The number of nitrogens with zero attached hydrogens (tertiary/aromatic N) is 4. The Labute approximate surface area is 483 Å². The van der Waals surface area contributed by atoms with Crippen molar-refractivity contribution in [3.05, 3.63) is 242 Å². The lowest BCUT2D eigenvalue weighted by molar-refractivity contribution is -0.437. The first-order chi connectivity index (χ1) is 37.9. The Balaban J connectivity index is 0.000000185. The van der Waals surface area contributed by atoms with Crippen molar-refractivity contribution >= 4 is 57.5 Å². The number of thioether (sulfide) groups is 1. The molecule has 4 heterocycles. The number of anilines is 2. The third-order valence-electron chi connectivity index (χ3n) is 17.8. The van der Waals surface area contributed by atoms with Crippen molar-refractivity contribution in [2.45, 2.75) is 141 Å². The summed E-state index contributed by atoms with van der Waals surface area (Å²) in [5.74, 6) is 0. The maximum absolute atomic E-state index is 6.90. The fourth-order valence-corrected chi connectivity index (χ4v) is 14.9.